The molecule has 3 heterocycles. The number of aliphatic hydroxyl groups excluding tert-OH is 1. The van der Waals surface area contributed by atoms with Crippen LogP contribution in [0.2, 0.25) is 0 Å². The lowest BCUT2D eigenvalue weighted by atomic mass is 9.99. The van der Waals surface area contributed by atoms with E-state index in [1.807, 2.05) is 0 Å². The summed E-state index contributed by atoms with van der Waals surface area (Å²) < 4.78 is 0. The number of anilines is 1. The van der Waals surface area contributed by atoms with Gasteiger partial charge in [0.1, 0.15) is 17.0 Å². The fourth-order valence-electron chi connectivity index (χ4n) is 3.84. The third kappa shape index (κ3) is 3.45. The van der Waals surface area contributed by atoms with Gasteiger partial charge in [0.05, 0.1) is 12.0 Å². The molecule has 1 aliphatic rings. The van der Waals surface area contributed by atoms with Crippen LogP contribution >= 0.6 is 11.3 Å². The van der Waals surface area contributed by atoms with Crippen LogP contribution in [0.3, 0.4) is 0 Å². The average molecular weight is 383 g/mol. The SMILES string of the molecule is Cc1ccc(-c2c(C)sc3ncnc(N4CCN(CCO)CC4)c23)cc1C. The number of aliphatic hydroxyl groups is 1. The summed E-state index contributed by atoms with van der Waals surface area (Å²) in [4.78, 5) is 16.3. The Morgan fingerprint density at radius 3 is 2.52 bits per heavy atom. The minimum Gasteiger partial charge on any atom is -0.395 e. The van der Waals surface area contributed by atoms with E-state index in [0.29, 0.717) is 0 Å². The number of β-amino-alcohol motifs (C(OH)–C–C–N with tert-alkyl or cyclic N) is 1. The number of aryl methyl sites for hydroxylation is 3. The van der Waals surface area contributed by atoms with Crippen LogP contribution in [0.15, 0.2) is 24.5 Å². The maximum absolute atomic E-state index is 9.18. The van der Waals surface area contributed by atoms with Crippen LogP contribution in [0.25, 0.3) is 21.3 Å². The molecule has 1 saturated heterocycles. The Morgan fingerprint density at radius 1 is 1.04 bits per heavy atom. The minimum absolute atomic E-state index is 0.221. The van der Waals surface area contributed by atoms with Crippen LogP contribution in [0.5, 0.6) is 0 Å². The smallest absolute Gasteiger partial charge is 0.141 e. The van der Waals surface area contributed by atoms with E-state index in [0.717, 1.165) is 43.4 Å². The van der Waals surface area contributed by atoms with Crippen LogP contribution in [-0.4, -0.2) is 59.3 Å². The van der Waals surface area contributed by atoms with Crippen molar-refractivity contribution < 1.29 is 5.11 Å². The van der Waals surface area contributed by atoms with Gasteiger partial charge in [-0.2, -0.15) is 0 Å². The number of fused-ring (bicyclic) bond motifs is 1. The van der Waals surface area contributed by atoms with Crippen LogP contribution in [0, 0.1) is 20.8 Å². The normalized spacial score (nSPS) is 15.6. The summed E-state index contributed by atoms with van der Waals surface area (Å²) in [5, 5.41) is 10.4. The average Bonchev–Trinajstić information content (AvgIpc) is 3.01. The molecule has 2 aromatic heterocycles. The van der Waals surface area contributed by atoms with E-state index in [9.17, 15) is 5.11 Å². The largest absolute Gasteiger partial charge is 0.395 e. The van der Waals surface area contributed by atoms with Gasteiger partial charge in [-0.15, -0.1) is 11.3 Å². The summed E-state index contributed by atoms with van der Waals surface area (Å²) in [5.41, 5.74) is 5.14. The highest BCUT2D eigenvalue weighted by atomic mass is 32.1. The number of thiophene rings is 1. The molecule has 1 aromatic carbocycles. The van der Waals surface area contributed by atoms with Crippen LogP contribution < -0.4 is 4.90 Å². The Labute approximate surface area is 164 Å². The molecule has 1 N–H and O–H groups in total. The Kier molecular flexibility index (Phi) is 5.12. The molecule has 0 radical (unpaired) electrons. The molecular formula is C21H26N4OS. The van der Waals surface area contributed by atoms with Gasteiger partial charge in [-0.25, -0.2) is 9.97 Å². The number of hydrogen-bond donors (Lipinski definition) is 1. The fraction of sp³-hybridized carbons (Fsp3) is 0.429. The maximum Gasteiger partial charge on any atom is 0.141 e. The Bertz CT molecular complexity index is 960. The molecular weight excluding hydrogens is 356 g/mol. The van der Waals surface area contributed by atoms with Gasteiger partial charge in [-0.1, -0.05) is 18.2 Å². The highest BCUT2D eigenvalue weighted by Crippen LogP contribution is 2.41. The molecule has 1 fully saturated rings. The molecule has 0 aliphatic carbocycles. The van der Waals surface area contributed by atoms with Gasteiger partial charge in [0, 0.05) is 43.2 Å². The van der Waals surface area contributed by atoms with Crippen LogP contribution in [0.4, 0.5) is 5.82 Å². The second kappa shape index (κ2) is 7.54. The first-order valence-corrected chi connectivity index (χ1v) is 10.3. The third-order valence-electron chi connectivity index (χ3n) is 5.53. The molecule has 1 aliphatic heterocycles. The van der Waals surface area contributed by atoms with E-state index in [4.69, 9.17) is 4.98 Å². The van der Waals surface area contributed by atoms with Crippen molar-refractivity contribution in [2.75, 3.05) is 44.2 Å². The van der Waals surface area contributed by atoms with Crippen molar-refractivity contribution in [2.45, 2.75) is 20.8 Å². The highest BCUT2D eigenvalue weighted by Gasteiger charge is 2.23. The van der Waals surface area contributed by atoms with Crippen molar-refractivity contribution in [1.29, 1.82) is 0 Å². The standard InChI is InChI=1S/C21H26N4OS/c1-14-4-5-17(12-15(14)2)18-16(3)27-21-19(18)20(22-13-23-21)25-8-6-24(7-9-25)10-11-26/h4-5,12-13,26H,6-11H2,1-3H3. The Morgan fingerprint density at radius 2 is 1.81 bits per heavy atom. The molecule has 3 aromatic rings. The van der Waals surface area contributed by atoms with Crippen molar-refractivity contribution >= 4 is 27.4 Å². The highest BCUT2D eigenvalue weighted by molar-refractivity contribution is 7.19. The molecule has 6 heteroatoms. The summed E-state index contributed by atoms with van der Waals surface area (Å²) >= 11 is 1.75. The van der Waals surface area contributed by atoms with Gasteiger partial charge < -0.3 is 10.0 Å². The lowest BCUT2D eigenvalue weighted by molar-refractivity contribution is 0.188. The Hall–Kier alpha value is -2.02. The summed E-state index contributed by atoms with van der Waals surface area (Å²) in [7, 11) is 0. The summed E-state index contributed by atoms with van der Waals surface area (Å²) in [6, 6.07) is 6.69. The maximum atomic E-state index is 9.18. The lowest BCUT2D eigenvalue weighted by Gasteiger charge is -2.35. The molecule has 0 unspecified atom stereocenters. The second-order valence-electron chi connectivity index (χ2n) is 7.26. The van der Waals surface area contributed by atoms with Gasteiger partial charge in [0.2, 0.25) is 0 Å². The predicted octanol–water partition coefficient (Wildman–Crippen LogP) is 3.40. The van der Waals surface area contributed by atoms with Crippen molar-refractivity contribution in [3.05, 3.63) is 40.5 Å². The van der Waals surface area contributed by atoms with Crippen LogP contribution in [0.1, 0.15) is 16.0 Å². The van der Waals surface area contributed by atoms with Crippen molar-refractivity contribution in [3.63, 3.8) is 0 Å². The molecule has 0 spiro atoms. The van der Waals surface area contributed by atoms with E-state index < -0.39 is 0 Å². The zero-order valence-electron chi connectivity index (χ0n) is 16.2. The van der Waals surface area contributed by atoms with Gasteiger partial charge >= 0.3 is 0 Å². The molecule has 5 nitrogen and oxygen atoms in total. The molecule has 0 amide bonds. The van der Waals surface area contributed by atoms with Crippen molar-refractivity contribution in [3.8, 4) is 11.1 Å². The molecule has 0 bridgehead atoms. The van der Waals surface area contributed by atoms with Gasteiger partial charge in [0.15, 0.2) is 0 Å². The van der Waals surface area contributed by atoms with Crippen LogP contribution in [-0.2, 0) is 0 Å². The van der Waals surface area contributed by atoms with E-state index in [1.165, 1.54) is 32.5 Å². The lowest BCUT2D eigenvalue weighted by Crippen LogP contribution is -2.47. The second-order valence-corrected chi connectivity index (χ2v) is 8.47. The molecule has 142 valence electrons. The third-order valence-corrected chi connectivity index (χ3v) is 6.54. The monoisotopic (exact) mass is 382 g/mol. The fourth-order valence-corrected chi connectivity index (χ4v) is 4.85. The van der Waals surface area contributed by atoms with Gasteiger partial charge in [-0.3, -0.25) is 4.90 Å². The minimum atomic E-state index is 0.221. The first-order valence-electron chi connectivity index (χ1n) is 9.48. The first-order chi connectivity index (χ1) is 13.1. The van der Waals surface area contributed by atoms with E-state index >= 15 is 0 Å². The quantitative estimate of drug-likeness (QED) is 0.750. The molecule has 27 heavy (non-hydrogen) atoms. The van der Waals surface area contributed by atoms with E-state index in [1.54, 1.807) is 17.7 Å². The number of rotatable bonds is 4. The zero-order chi connectivity index (χ0) is 19.0. The van der Waals surface area contributed by atoms with E-state index in [2.05, 4.69) is 53.8 Å². The number of nitrogens with zero attached hydrogens (tertiary/aromatic N) is 4. The first kappa shape index (κ1) is 18.3. The number of benzene rings is 1. The molecule has 0 saturated carbocycles. The zero-order valence-corrected chi connectivity index (χ0v) is 17.0. The Balaban J connectivity index is 1.78. The summed E-state index contributed by atoms with van der Waals surface area (Å²) in [6.07, 6.45) is 1.69. The summed E-state index contributed by atoms with van der Waals surface area (Å²) in [6.45, 7) is 11.2. The number of piperazine rings is 1. The van der Waals surface area contributed by atoms with Crippen molar-refractivity contribution in [1.82, 2.24) is 14.9 Å². The molecule has 4 rings (SSSR count). The van der Waals surface area contributed by atoms with Crippen molar-refractivity contribution in [2.24, 2.45) is 0 Å². The topological polar surface area (TPSA) is 52.5 Å². The van der Waals surface area contributed by atoms with Gasteiger partial charge in [-0.05, 0) is 37.5 Å². The predicted molar refractivity (Wildman–Crippen MR) is 113 cm³/mol. The van der Waals surface area contributed by atoms with Gasteiger partial charge in [0.25, 0.3) is 0 Å². The summed E-state index contributed by atoms with van der Waals surface area (Å²) in [5.74, 6) is 1.04. The number of hydrogen-bond acceptors (Lipinski definition) is 6. The molecule has 0 atom stereocenters. The number of aromatic nitrogens is 2. The van der Waals surface area contributed by atoms with E-state index in [-0.39, 0.29) is 6.61 Å².